The van der Waals surface area contributed by atoms with Crippen molar-refractivity contribution in [3.05, 3.63) is 23.8 Å². The van der Waals surface area contributed by atoms with Gasteiger partial charge in [0.05, 0.1) is 20.3 Å². The largest absolute Gasteiger partial charge is 0.497 e. The van der Waals surface area contributed by atoms with Crippen LogP contribution in [-0.4, -0.2) is 34.7 Å². The van der Waals surface area contributed by atoms with E-state index >= 15 is 0 Å². The van der Waals surface area contributed by atoms with Crippen LogP contribution in [0.1, 0.15) is 11.6 Å². The van der Waals surface area contributed by atoms with Crippen molar-refractivity contribution >= 4 is 12.4 Å². The molecule has 5 nitrogen and oxygen atoms in total. The van der Waals surface area contributed by atoms with Crippen LogP contribution in [-0.2, 0) is 9.47 Å². The van der Waals surface area contributed by atoms with Crippen molar-refractivity contribution < 1.29 is 18.9 Å². The van der Waals surface area contributed by atoms with Crippen molar-refractivity contribution in [2.75, 3.05) is 28.4 Å². The molecule has 1 aromatic carbocycles. The third-order valence-corrected chi connectivity index (χ3v) is 2.52. The number of rotatable bonds is 6. The van der Waals surface area contributed by atoms with E-state index in [4.69, 9.17) is 24.7 Å². The second-order valence-corrected chi connectivity index (χ2v) is 3.51. The van der Waals surface area contributed by atoms with Gasteiger partial charge in [-0.1, -0.05) is 0 Å². The number of halogens is 1. The fourth-order valence-corrected chi connectivity index (χ4v) is 1.57. The minimum atomic E-state index is -0.508. The first-order chi connectivity index (χ1) is 8.15. The zero-order valence-electron chi connectivity index (χ0n) is 11.0. The summed E-state index contributed by atoms with van der Waals surface area (Å²) in [5.74, 6) is 1.36. The Bertz CT molecular complexity index is 336. The van der Waals surface area contributed by atoms with Crippen LogP contribution < -0.4 is 15.2 Å². The fourth-order valence-electron chi connectivity index (χ4n) is 1.57. The summed E-state index contributed by atoms with van der Waals surface area (Å²) in [6.45, 7) is 0. The third-order valence-electron chi connectivity index (χ3n) is 2.52. The molecule has 2 N–H and O–H groups in total. The minimum absolute atomic E-state index is 0. The molecule has 0 saturated heterocycles. The van der Waals surface area contributed by atoms with Gasteiger partial charge in [-0.3, -0.25) is 0 Å². The average Bonchev–Trinajstić information content (AvgIpc) is 2.39. The second kappa shape index (κ2) is 8.16. The van der Waals surface area contributed by atoms with Crippen molar-refractivity contribution in [3.63, 3.8) is 0 Å². The van der Waals surface area contributed by atoms with Crippen molar-refractivity contribution in [3.8, 4) is 11.5 Å². The molecule has 0 aromatic heterocycles. The number of nitrogens with two attached hydrogens (primary N) is 1. The zero-order valence-corrected chi connectivity index (χ0v) is 11.8. The summed E-state index contributed by atoms with van der Waals surface area (Å²) in [6, 6.07) is 5.04. The van der Waals surface area contributed by atoms with E-state index in [0.717, 1.165) is 5.56 Å². The predicted molar refractivity (Wildman–Crippen MR) is 71.5 cm³/mol. The normalized spacial score (nSPS) is 11.9. The summed E-state index contributed by atoms with van der Waals surface area (Å²) in [5, 5.41) is 0. The first-order valence-electron chi connectivity index (χ1n) is 5.20. The first kappa shape index (κ1) is 17.0. The molecule has 0 spiro atoms. The highest BCUT2D eigenvalue weighted by atomic mass is 35.5. The molecule has 0 heterocycles. The van der Waals surface area contributed by atoms with Crippen LogP contribution >= 0.6 is 12.4 Å². The van der Waals surface area contributed by atoms with Crippen LogP contribution in [0.3, 0.4) is 0 Å². The van der Waals surface area contributed by atoms with Gasteiger partial charge in [0.25, 0.3) is 0 Å². The summed E-state index contributed by atoms with van der Waals surface area (Å²) in [4.78, 5) is 0. The molecule has 0 fully saturated rings. The molecule has 0 bridgehead atoms. The van der Waals surface area contributed by atoms with E-state index in [1.54, 1.807) is 34.5 Å². The second-order valence-electron chi connectivity index (χ2n) is 3.51. The smallest absolute Gasteiger partial charge is 0.176 e. The maximum absolute atomic E-state index is 6.05. The van der Waals surface area contributed by atoms with Gasteiger partial charge in [0.1, 0.15) is 11.5 Å². The summed E-state index contributed by atoms with van der Waals surface area (Å²) in [5.41, 5.74) is 6.87. The zero-order chi connectivity index (χ0) is 12.8. The maximum atomic E-state index is 6.05. The third kappa shape index (κ3) is 4.03. The first-order valence-corrected chi connectivity index (χ1v) is 5.20. The molecule has 0 radical (unpaired) electrons. The van der Waals surface area contributed by atoms with E-state index in [1.165, 1.54) is 0 Å². The Balaban J connectivity index is 0.00000289. The molecule has 6 heteroatoms. The Morgan fingerprint density at radius 2 is 1.33 bits per heavy atom. The Labute approximate surface area is 114 Å². The summed E-state index contributed by atoms with van der Waals surface area (Å²) in [7, 11) is 6.28. The van der Waals surface area contributed by atoms with Crippen molar-refractivity contribution in [1.29, 1.82) is 0 Å². The van der Waals surface area contributed by atoms with Crippen LogP contribution in [0.4, 0.5) is 0 Å². The molecule has 104 valence electrons. The van der Waals surface area contributed by atoms with Gasteiger partial charge < -0.3 is 24.7 Å². The SMILES string of the molecule is COc1cc(OC)cc(C(N)C(OC)OC)c1.Cl. The molecule has 1 atom stereocenters. The molecule has 0 aliphatic heterocycles. The molecule has 0 saturated carbocycles. The van der Waals surface area contributed by atoms with Crippen LogP contribution in [0, 0.1) is 0 Å². The Hall–Kier alpha value is -1.01. The molecular weight excluding hydrogens is 258 g/mol. The van der Waals surface area contributed by atoms with Crippen LogP contribution in [0.5, 0.6) is 11.5 Å². The summed E-state index contributed by atoms with van der Waals surface area (Å²) < 4.78 is 20.6. The van der Waals surface area contributed by atoms with E-state index in [0.29, 0.717) is 11.5 Å². The lowest BCUT2D eigenvalue weighted by molar-refractivity contribution is -0.117. The number of benzene rings is 1. The van der Waals surface area contributed by atoms with Gasteiger partial charge in [0.2, 0.25) is 0 Å². The Morgan fingerprint density at radius 3 is 1.67 bits per heavy atom. The van der Waals surface area contributed by atoms with E-state index in [-0.39, 0.29) is 12.4 Å². The van der Waals surface area contributed by atoms with Gasteiger partial charge >= 0.3 is 0 Å². The van der Waals surface area contributed by atoms with Crippen molar-refractivity contribution in [2.24, 2.45) is 5.73 Å². The predicted octanol–water partition coefficient (Wildman–Crippen LogP) is 1.74. The van der Waals surface area contributed by atoms with Gasteiger partial charge in [-0.05, 0) is 17.7 Å². The lowest BCUT2D eigenvalue weighted by atomic mass is 10.1. The molecule has 0 aliphatic carbocycles. The van der Waals surface area contributed by atoms with Crippen molar-refractivity contribution in [2.45, 2.75) is 12.3 Å². The van der Waals surface area contributed by atoms with Crippen LogP contribution in [0.25, 0.3) is 0 Å². The highest BCUT2D eigenvalue weighted by Gasteiger charge is 2.19. The van der Waals surface area contributed by atoms with Crippen LogP contribution in [0.2, 0.25) is 0 Å². The summed E-state index contributed by atoms with van der Waals surface area (Å²) >= 11 is 0. The van der Waals surface area contributed by atoms with E-state index in [9.17, 15) is 0 Å². The number of hydrogen-bond acceptors (Lipinski definition) is 5. The number of methoxy groups -OCH3 is 4. The van der Waals surface area contributed by atoms with E-state index in [1.807, 2.05) is 12.1 Å². The molecule has 1 rings (SSSR count). The summed E-state index contributed by atoms with van der Waals surface area (Å²) in [6.07, 6.45) is -0.508. The Kier molecular flexibility index (Phi) is 7.70. The standard InChI is InChI=1S/C12H19NO4.ClH/c1-14-9-5-8(6-10(7-9)15-2)11(13)12(16-3)17-4;/h5-7,11-12H,13H2,1-4H3;1H. The van der Waals surface area contributed by atoms with Gasteiger partial charge in [0, 0.05) is 20.3 Å². The molecule has 0 amide bonds. The number of ether oxygens (including phenoxy) is 4. The minimum Gasteiger partial charge on any atom is -0.497 e. The van der Waals surface area contributed by atoms with E-state index in [2.05, 4.69) is 0 Å². The highest BCUT2D eigenvalue weighted by molar-refractivity contribution is 5.85. The lowest BCUT2D eigenvalue weighted by Crippen LogP contribution is -2.29. The van der Waals surface area contributed by atoms with Gasteiger partial charge in [0.15, 0.2) is 6.29 Å². The van der Waals surface area contributed by atoms with Gasteiger partial charge in [-0.25, -0.2) is 0 Å². The molecule has 1 aromatic rings. The molecule has 1 unspecified atom stereocenters. The topological polar surface area (TPSA) is 62.9 Å². The fraction of sp³-hybridized carbons (Fsp3) is 0.500. The molecule has 0 aliphatic rings. The maximum Gasteiger partial charge on any atom is 0.176 e. The van der Waals surface area contributed by atoms with E-state index < -0.39 is 12.3 Å². The molecule has 18 heavy (non-hydrogen) atoms. The molecular formula is C12H20ClNO4. The quantitative estimate of drug-likeness (QED) is 0.803. The average molecular weight is 278 g/mol. The number of hydrogen-bond donors (Lipinski definition) is 1. The lowest BCUT2D eigenvalue weighted by Gasteiger charge is -2.22. The van der Waals surface area contributed by atoms with Crippen molar-refractivity contribution in [1.82, 2.24) is 0 Å². The van der Waals surface area contributed by atoms with Gasteiger partial charge in [-0.15, -0.1) is 12.4 Å². The van der Waals surface area contributed by atoms with Gasteiger partial charge in [-0.2, -0.15) is 0 Å². The highest BCUT2D eigenvalue weighted by Crippen LogP contribution is 2.27. The van der Waals surface area contributed by atoms with Crippen LogP contribution in [0.15, 0.2) is 18.2 Å². The monoisotopic (exact) mass is 277 g/mol. The Morgan fingerprint density at radius 1 is 0.889 bits per heavy atom.